The molecular weight excluding hydrogens is 231 g/mol. The Labute approximate surface area is 108 Å². The van der Waals surface area contributed by atoms with Gasteiger partial charge in [0, 0.05) is 11.1 Å². The zero-order chi connectivity index (χ0) is 13.8. The number of hydrogen-bond acceptors (Lipinski definition) is 2. The van der Waals surface area contributed by atoms with Crippen LogP contribution >= 0.6 is 0 Å². The maximum absolute atomic E-state index is 13.2. The topological polar surface area (TPSA) is 55.1 Å². The lowest BCUT2D eigenvalue weighted by atomic mass is 9.93. The van der Waals surface area contributed by atoms with Crippen LogP contribution in [0, 0.1) is 12.7 Å². The molecule has 0 aliphatic rings. The Hall–Kier alpha value is -1.42. The van der Waals surface area contributed by atoms with Gasteiger partial charge < -0.3 is 11.1 Å². The fraction of sp³-hybridized carbons (Fsp3) is 0.500. The number of amides is 1. The predicted octanol–water partition coefficient (Wildman–Crippen LogP) is 2.38. The van der Waals surface area contributed by atoms with Crippen molar-refractivity contribution in [2.45, 2.75) is 39.2 Å². The molecule has 4 heteroatoms. The maximum atomic E-state index is 13.2. The number of hydrogen-bond donors (Lipinski definition) is 2. The maximum Gasteiger partial charge on any atom is 0.252 e. The summed E-state index contributed by atoms with van der Waals surface area (Å²) in [5, 5.41) is 2.94. The van der Waals surface area contributed by atoms with Gasteiger partial charge in [-0.25, -0.2) is 4.39 Å². The summed E-state index contributed by atoms with van der Waals surface area (Å²) in [5.41, 5.74) is 6.35. The Kier molecular flexibility index (Phi) is 4.84. The van der Waals surface area contributed by atoms with Gasteiger partial charge in [0.1, 0.15) is 5.82 Å². The highest BCUT2D eigenvalue weighted by atomic mass is 19.1. The molecule has 1 aromatic carbocycles. The molecule has 1 atom stereocenters. The molecule has 0 saturated heterocycles. The van der Waals surface area contributed by atoms with Gasteiger partial charge in [0.2, 0.25) is 0 Å². The van der Waals surface area contributed by atoms with Gasteiger partial charge >= 0.3 is 0 Å². The number of halogens is 1. The van der Waals surface area contributed by atoms with E-state index in [0.717, 1.165) is 12.0 Å². The Morgan fingerprint density at radius 2 is 2.17 bits per heavy atom. The van der Waals surface area contributed by atoms with Crippen LogP contribution in [0.4, 0.5) is 4.39 Å². The highest BCUT2D eigenvalue weighted by Gasteiger charge is 2.24. The summed E-state index contributed by atoms with van der Waals surface area (Å²) in [7, 11) is 0. The van der Waals surface area contributed by atoms with Crippen molar-refractivity contribution in [1.82, 2.24) is 5.32 Å². The molecule has 100 valence electrons. The third-order valence-electron chi connectivity index (χ3n) is 3.34. The first-order valence-electron chi connectivity index (χ1n) is 6.20. The Morgan fingerprint density at radius 3 is 2.72 bits per heavy atom. The highest BCUT2D eigenvalue weighted by Crippen LogP contribution is 2.16. The Balaban J connectivity index is 2.90. The van der Waals surface area contributed by atoms with Crippen LogP contribution < -0.4 is 11.1 Å². The van der Waals surface area contributed by atoms with Crippen LogP contribution in [-0.4, -0.2) is 18.0 Å². The van der Waals surface area contributed by atoms with Crippen LogP contribution in [0.1, 0.15) is 42.6 Å². The summed E-state index contributed by atoms with van der Waals surface area (Å²) < 4.78 is 13.2. The van der Waals surface area contributed by atoms with Gasteiger partial charge in [-0.3, -0.25) is 4.79 Å². The smallest absolute Gasteiger partial charge is 0.252 e. The van der Waals surface area contributed by atoms with Crippen LogP contribution in [0.15, 0.2) is 18.2 Å². The summed E-state index contributed by atoms with van der Waals surface area (Å²) in [6.45, 7) is 6.24. The number of nitrogens with one attached hydrogen (secondary N) is 1. The van der Waals surface area contributed by atoms with Gasteiger partial charge in [0.05, 0.1) is 0 Å². The second-order valence-electron chi connectivity index (χ2n) is 4.87. The van der Waals surface area contributed by atoms with E-state index in [0.29, 0.717) is 18.5 Å². The van der Waals surface area contributed by atoms with Crippen LogP contribution in [0.25, 0.3) is 0 Å². The van der Waals surface area contributed by atoms with E-state index in [9.17, 15) is 9.18 Å². The molecule has 0 aliphatic carbocycles. The first kappa shape index (κ1) is 14.6. The average Bonchev–Trinajstić information content (AvgIpc) is 2.32. The molecular formula is C14H21FN2O. The fourth-order valence-electron chi connectivity index (χ4n) is 1.83. The minimum atomic E-state index is -0.400. The molecule has 3 N–H and O–H groups in total. The molecule has 0 saturated carbocycles. The molecule has 18 heavy (non-hydrogen) atoms. The van der Waals surface area contributed by atoms with E-state index in [4.69, 9.17) is 5.73 Å². The minimum Gasteiger partial charge on any atom is -0.347 e. The largest absolute Gasteiger partial charge is 0.347 e. The third-order valence-corrected chi connectivity index (χ3v) is 3.34. The van der Waals surface area contributed by atoms with E-state index in [2.05, 4.69) is 5.32 Å². The molecule has 0 heterocycles. The van der Waals surface area contributed by atoms with E-state index in [1.54, 1.807) is 13.0 Å². The van der Waals surface area contributed by atoms with E-state index in [1.165, 1.54) is 12.1 Å². The van der Waals surface area contributed by atoms with Gasteiger partial charge in [-0.15, -0.1) is 0 Å². The lowest BCUT2D eigenvalue weighted by Gasteiger charge is -2.29. The lowest BCUT2D eigenvalue weighted by Crippen LogP contribution is -2.47. The van der Waals surface area contributed by atoms with Crippen LogP contribution in [0.5, 0.6) is 0 Å². The summed E-state index contributed by atoms with van der Waals surface area (Å²) in [6, 6.07) is 4.23. The van der Waals surface area contributed by atoms with Crippen molar-refractivity contribution in [1.29, 1.82) is 0 Å². The second-order valence-corrected chi connectivity index (χ2v) is 4.87. The summed E-state index contributed by atoms with van der Waals surface area (Å²) in [5.74, 6) is -0.646. The van der Waals surface area contributed by atoms with Crippen LogP contribution in [0.3, 0.4) is 0 Å². The van der Waals surface area contributed by atoms with Crippen LogP contribution in [0.2, 0.25) is 0 Å². The fourth-order valence-corrected chi connectivity index (χ4v) is 1.83. The highest BCUT2D eigenvalue weighted by molar-refractivity contribution is 5.96. The lowest BCUT2D eigenvalue weighted by molar-refractivity contribution is 0.0899. The number of benzene rings is 1. The molecule has 0 aliphatic heterocycles. The molecule has 0 radical (unpaired) electrons. The first-order chi connectivity index (χ1) is 8.41. The SMILES string of the molecule is CCC(C)(CCN)NC(=O)c1cc(F)ccc1C. The number of rotatable bonds is 5. The number of aryl methyl sites for hydroxylation is 1. The van der Waals surface area contributed by atoms with Crippen molar-refractivity contribution in [3.8, 4) is 0 Å². The van der Waals surface area contributed by atoms with E-state index >= 15 is 0 Å². The zero-order valence-corrected chi connectivity index (χ0v) is 11.2. The number of nitrogens with two attached hydrogens (primary N) is 1. The summed E-state index contributed by atoms with van der Waals surface area (Å²) >= 11 is 0. The van der Waals surface area contributed by atoms with Crippen molar-refractivity contribution in [3.05, 3.63) is 35.1 Å². The van der Waals surface area contributed by atoms with E-state index in [1.807, 2.05) is 13.8 Å². The Morgan fingerprint density at radius 1 is 1.50 bits per heavy atom. The molecule has 0 spiro atoms. The molecule has 1 amide bonds. The van der Waals surface area contributed by atoms with Gasteiger partial charge in [-0.05, 0) is 50.9 Å². The molecule has 1 rings (SSSR count). The normalized spacial score (nSPS) is 14.1. The predicted molar refractivity (Wildman–Crippen MR) is 71.0 cm³/mol. The van der Waals surface area contributed by atoms with Crippen molar-refractivity contribution < 1.29 is 9.18 Å². The minimum absolute atomic E-state index is 0.246. The number of carbonyl (C=O) groups excluding carboxylic acids is 1. The quantitative estimate of drug-likeness (QED) is 0.845. The molecule has 1 aromatic rings. The summed E-state index contributed by atoms with van der Waals surface area (Å²) in [4.78, 5) is 12.1. The first-order valence-corrected chi connectivity index (χ1v) is 6.20. The van der Waals surface area contributed by atoms with E-state index < -0.39 is 5.82 Å². The standard InChI is InChI=1S/C14H21FN2O/c1-4-14(3,7-8-16)17-13(18)12-9-11(15)6-5-10(12)2/h5-6,9H,4,7-8,16H2,1-3H3,(H,17,18). The van der Waals surface area contributed by atoms with Crippen molar-refractivity contribution in [3.63, 3.8) is 0 Å². The van der Waals surface area contributed by atoms with E-state index in [-0.39, 0.29) is 11.4 Å². The molecule has 0 aromatic heterocycles. The van der Waals surface area contributed by atoms with Gasteiger partial charge in [0.25, 0.3) is 5.91 Å². The van der Waals surface area contributed by atoms with Gasteiger partial charge in [-0.1, -0.05) is 13.0 Å². The monoisotopic (exact) mass is 252 g/mol. The van der Waals surface area contributed by atoms with Gasteiger partial charge in [-0.2, -0.15) is 0 Å². The Bertz CT molecular complexity index is 434. The molecule has 1 unspecified atom stereocenters. The van der Waals surface area contributed by atoms with Crippen molar-refractivity contribution in [2.24, 2.45) is 5.73 Å². The van der Waals surface area contributed by atoms with Crippen molar-refractivity contribution in [2.75, 3.05) is 6.54 Å². The average molecular weight is 252 g/mol. The molecule has 0 bridgehead atoms. The third kappa shape index (κ3) is 3.53. The zero-order valence-electron chi connectivity index (χ0n) is 11.2. The van der Waals surface area contributed by atoms with Crippen molar-refractivity contribution >= 4 is 5.91 Å². The van der Waals surface area contributed by atoms with Crippen LogP contribution in [-0.2, 0) is 0 Å². The van der Waals surface area contributed by atoms with Gasteiger partial charge in [0.15, 0.2) is 0 Å². The molecule has 0 fully saturated rings. The molecule has 3 nitrogen and oxygen atoms in total. The summed E-state index contributed by atoms with van der Waals surface area (Å²) in [6.07, 6.45) is 1.48. The number of carbonyl (C=O) groups is 1. The second kappa shape index (κ2) is 5.96.